The van der Waals surface area contributed by atoms with E-state index >= 15 is 0 Å². The summed E-state index contributed by atoms with van der Waals surface area (Å²) in [5.41, 5.74) is 0.960. The van der Waals surface area contributed by atoms with Crippen molar-refractivity contribution in [1.82, 2.24) is 10.2 Å². The number of hydrogen-bond acceptors (Lipinski definition) is 4. The minimum Gasteiger partial charge on any atom is -0.484 e. The van der Waals surface area contributed by atoms with Crippen LogP contribution in [0.1, 0.15) is 11.5 Å². The minimum atomic E-state index is 0.230. The number of ether oxygens (including phenoxy) is 1. The zero-order valence-electron chi connectivity index (χ0n) is 8.49. The second kappa shape index (κ2) is 4.67. The van der Waals surface area contributed by atoms with Crippen molar-refractivity contribution in [2.45, 2.75) is 13.5 Å². The van der Waals surface area contributed by atoms with Gasteiger partial charge in [0.05, 0.1) is 0 Å². The van der Waals surface area contributed by atoms with Crippen molar-refractivity contribution in [2.75, 3.05) is 0 Å². The molecular formula is C10H9ClN2O2S. The highest BCUT2D eigenvalue weighted by molar-refractivity contribution is 7.71. The number of hydrogen-bond donors (Lipinski definition) is 1. The summed E-state index contributed by atoms with van der Waals surface area (Å²) >= 11 is 10.6. The van der Waals surface area contributed by atoms with E-state index in [2.05, 4.69) is 10.2 Å². The number of aromatic nitrogens is 2. The van der Waals surface area contributed by atoms with E-state index in [-0.39, 0.29) is 11.4 Å². The van der Waals surface area contributed by atoms with Crippen LogP contribution in [-0.4, -0.2) is 10.2 Å². The Bertz CT molecular complexity index is 550. The first-order valence-corrected chi connectivity index (χ1v) is 5.37. The highest BCUT2D eigenvalue weighted by atomic mass is 35.5. The average Bonchev–Trinajstić information content (AvgIpc) is 2.66. The molecule has 0 aliphatic rings. The van der Waals surface area contributed by atoms with E-state index in [1.165, 1.54) is 0 Å². The zero-order valence-corrected chi connectivity index (χ0v) is 10.1. The second-order valence-electron chi connectivity index (χ2n) is 3.21. The van der Waals surface area contributed by atoms with Gasteiger partial charge in [-0.25, -0.2) is 5.10 Å². The van der Waals surface area contributed by atoms with Crippen LogP contribution in [0.2, 0.25) is 5.02 Å². The lowest BCUT2D eigenvalue weighted by Crippen LogP contribution is -1.96. The van der Waals surface area contributed by atoms with Crippen LogP contribution in [0.25, 0.3) is 0 Å². The zero-order chi connectivity index (χ0) is 11.5. The molecule has 16 heavy (non-hydrogen) atoms. The van der Waals surface area contributed by atoms with Gasteiger partial charge in [-0.3, -0.25) is 0 Å². The van der Waals surface area contributed by atoms with Gasteiger partial charge in [-0.15, -0.1) is 5.10 Å². The van der Waals surface area contributed by atoms with Gasteiger partial charge in [0, 0.05) is 5.02 Å². The van der Waals surface area contributed by atoms with Crippen molar-refractivity contribution >= 4 is 23.8 Å². The molecule has 0 bridgehead atoms. The Morgan fingerprint density at radius 2 is 2.38 bits per heavy atom. The van der Waals surface area contributed by atoms with E-state index in [4.69, 9.17) is 33.0 Å². The number of nitrogens with one attached hydrogen (secondary N) is 1. The third kappa shape index (κ3) is 2.62. The smallest absolute Gasteiger partial charge is 0.284 e. The molecule has 4 nitrogen and oxygen atoms in total. The predicted molar refractivity (Wildman–Crippen MR) is 62.2 cm³/mol. The molecule has 1 aromatic heterocycles. The highest BCUT2D eigenvalue weighted by Crippen LogP contribution is 2.21. The summed E-state index contributed by atoms with van der Waals surface area (Å²) in [6.07, 6.45) is 0. The Labute approximate surface area is 102 Å². The van der Waals surface area contributed by atoms with Crippen LogP contribution in [0, 0.1) is 11.8 Å². The van der Waals surface area contributed by atoms with Gasteiger partial charge >= 0.3 is 0 Å². The lowest BCUT2D eigenvalue weighted by molar-refractivity contribution is 0.261. The number of benzene rings is 1. The summed E-state index contributed by atoms with van der Waals surface area (Å²) in [6.45, 7) is 2.14. The molecule has 0 atom stereocenters. The lowest BCUT2D eigenvalue weighted by Gasteiger charge is -2.04. The molecule has 0 radical (unpaired) electrons. The Hall–Kier alpha value is -1.33. The molecular weight excluding hydrogens is 248 g/mol. The number of H-pyrrole nitrogens is 1. The number of aryl methyl sites for hydroxylation is 1. The van der Waals surface area contributed by atoms with Crippen molar-refractivity contribution in [3.63, 3.8) is 0 Å². The van der Waals surface area contributed by atoms with Crippen LogP contribution in [0.4, 0.5) is 0 Å². The number of nitrogens with zero attached hydrogens (tertiary/aromatic N) is 1. The van der Waals surface area contributed by atoms with E-state index in [1.807, 2.05) is 13.0 Å². The van der Waals surface area contributed by atoms with Gasteiger partial charge in [0.15, 0.2) is 6.61 Å². The highest BCUT2D eigenvalue weighted by Gasteiger charge is 2.02. The lowest BCUT2D eigenvalue weighted by atomic mass is 10.2. The van der Waals surface area contributed by atoms with Crippen molar-refractivity contribution < 1.29 is 9.15 Å². The summed E-state index contributed by atoms with van der Waals surface area (Å²) in [5, 5.41) is 7.06. The quantitative estimate of drug-likeness (QED) is 0.857. The fourth-order valence-electron chi connectivity index (χ4n) is 1.17. The minimum absolute atomic E-state index is 0.230. The van der Waals surface area contributed by atoms with Gasteiger partial charge in [-0.05, 0) is 42.9 Å². The van der Waals surface area contributed by atoms with Crippen LogP contribution in [0.5, 0.6) is 5.75 Å². The first kappa shape index (κ1) is 11.2. The molecule has 0 saturated carbocycles. The third-order valence-electron chi connectivity index (χ3n) is 1.97. The molecule has 1 N–H and O–H groups in total. The average molecular weight is 257 g/mol. The van der Waals surface area contributed by atoms with Gasteiger partial charge in [0.1, 0.15) is 5.75 Å². The van der Waals surface area contributed by atoms with Crippen LogP contribution < -0.4 is 4.74 Å². The largest absolute Gasteiger partial charge is 0.484 e. The molecule has 1 aromatic carbocycles. The van der Waals surface area contributed by atoms with Gasteiger partial charge < -0.3 is 9.15 Å². The normalized spacial score (nSPS) is 10.4. The van der Waals surface area contributed by atoms with E-state index in [1.54, 1.807) is 12.1 Å². The van der Waals surface area contributed by atoms with Crippen molar-refractivity contribution in [3.8, 4) is 5.75 Å². The van der Waals surface area contributed by atoms with Crippen LogP contribution in [0.15, 0.2) is 22.6 Å². The maximum Gasteiger partial charge on any atom is 0.284 e. The number of halogens is 1. The summed E-state index contributed by atoms with van der Waals surface area (Å²) in [4.78, 5) is 0.242. The predicted octanol–water partition coefficient (Wildman–Crippen LogP) is 3.27. The van der Waals surface area contributed by atoms with E-state index in [9.17, 15) is 0 Å². The molecule has 0 amide bonds. The molecule has 0 aliphatic heterocycles. The fraction of sp³-hybridized carbons (Fsp3) is 0.200. The SMILES string of the molecule is Cc1cc(OCc2n[nH]c(=S)o2)ccc1Cl. The molecule has 0 fully saturated rings. The Kier molecular flexibility index (Phi) is 3.26. The summed E-state index contributed by atoms with van der Waals surface area (Å²) in [7, 11) is 0. The maximum absolute atomic E-state index is 5.90. The molecule has 0 unspecified atom stereocenters. The van der Waals surface area contributed by atoms with Gasteiger partial charge in [-0.1, -0.05) is 11.6 Å². The van der Waals surface area contributed by atoms with Gasteiger partial charge in [0.25, 0.3) is 10.7 Å². The van der Waals surface area contributed by atoms with Crippen LogP contribution in [-0.2, 0) is 6.61 Å². The molecule has 0 spiro atoms. The standard InChI is InChI=1S/C10H9ClN2O2S/c1-6-4-7(2-3-8(6)11)14-5-9-12-13-10(16)15-9/h2-4H,5H2,1H3,(H,13,16). The topological polar surface area (TPSA) is 51.0 Å². The molecule has 0 aliphatic carbocycles. The Morgan fingerprint density at radius 1 is 1.56 bits per heavy atom. The fourth-order valence-corrected chi connectivity index (χ4v) is 1.43. The molecule has 0 saturated heterocycles. The molecule has 1 heterocycles. The van der Waals surface area contributed by atoms with Crippen molar-refractivity contribution in [1.29, 1.82) is 0 Å². The van der Waals surface area contributed by atoms with E-state index < -0.39 is 0 Å². The monoisotopic (exact) mass is 256 g/mol. The molecule has 2 rings (SSSR count). The Morgan fingerprint density at radius 3 is 3.00 bits per heavy atom. The molecule has 2 aromatic rings. The maximum atomic E-state index is 5.90. The summed E-state index contributed by atoms with van der Waals surface area (Å²) < 4.78 is 10.5. The number of aromatic amines is 1. The first-order chi connectivity index (χ1) is 7.65. The van der Waals surface area contributed by atoms with Gasteiger partial charge in [0.2, 0.25) is 0 Å². The summed E-state index contributed by atoms with van der Waals surface area (Å²) in [5.74, 6) is 1.13. The van der Waals surface area contributed by atoms with Gasteiger partial charge in [-0.2, -0.15) is 0 Å². The molecule has 84 valence electrons. The van der Waals surface area contributed by atoms with Crippen LogP contribution >= 0.6 is 23.8 Å². The van der Waals surface area contributed by atoms with Crippen molar-refractivity contribution in [3.05, 3.63) is 39.5 Å². The Balaban J connectivity index is 2.04. The van der Waals surface area contributed by atoms with Crippen molar-refractivity contribution in [2.24, 2.45) is 0 Å². The van der Waals surface area contributed by atoms with E-state index in [0.717, 1.165) is 5.56 Å². The second-order valence-corrected chi connectivity index (χ2v) is 3.98. The number of rotatable bonds is 3. The summed E-state index contributed by atoms with van der Waals surface area (Å²) in [6, 6.07) is 5.42. The first-order valence-electron chi connectivity index (χ1n) is 4.58. The van der Waals surface area contributed by atoms with E-state index in [0.29, 0.717) is 16.7 Å². The third-order valence-corrected chi connectivity index (χ3v) is 2.57. The van der Waals surface area contributed by atoms with Crippen LogP contribution in [0.3, 0.4) is 0 Å². The molecule has 6 heteroatoms.